The molecule has 0 amide bonds. The van der Waals surface area contributed by atoms with Gasteiger partial charge in [-0.3, -0.25) is 0 Å². The maximum atomic E-state index is 12.3. The Bertz CT molecular complexity index is 486. The summed E-state index contributed by atoms with van der Waals surface area (Å²) in [5, 5.41) is 3.07. The second kappa shape index (κ2) is 7.62. The van der Waals surface area contributed by atoms with Crippen molar-refractivity contribution in [3.63, 3.8) is 0 Å². The summed E-state index contributed by atoms with van der Waals surface area (Å²) in [7, 11) is -1.33. The maximum Gasteiger partial charge on any atom is 0.218 e. The first kappa shape index (κ1) is 16.1. The van der Waals surface area contributed by atoms with Crippen LogP contribution in [0.4, 0.5) is 0 Å². The zero-order valence-electron chi connectivity index (χ0n) is 12.0. The molecule has 1 aromatic carbocycles. The van der Waals surface area contributed by atoms with Crippen molar-refractivity contribution in [3.05, 3.63) is 35.4 Å². The summed E-state index contributed by atoms with van der Waals surface area (Å²) in [5.74, 6) is 0.0817. The van der Waals surface area contributed by atoms with E-state index < -0.39 is 10.0 Å². The molecule has 1 rings (SSSR count). The van der Waals surface area contributed by atoms with Crippen molar-refractivity contribution in [1.82, 2.24) is 9.62 Å². The van der Waals surface area contributed by atoms with Crippen LogP contribution in [-0.2, 0) is 22.3 Å². The topological polar surface area (TPSA) is 49.4 Å². The second-order valence-corrected chi connectivity index (χ2v) is 6.57. The average molecular weight is 284 g/mol. The number of hydrogen-bond donors (Lipinski definition) is 1. The molecule has 0 aliphatic heterocycles. The molecule has 0 atom stereocenters. The summed E-state index contributed by atoms with van der Waals surface area (Å²) in [6, 6.07) is 7.73. The number of nitrogens with one attached hydrogen (secondary N) is 1. The molecule has 0 bridgehead atoms. The molecule has 0 aliphatic carbocycles. The van der Waals surface area contributed by atoms with Gasteiger partial charge < -0.3 is 5.32 Å². The first-order valence-corrected chi connectivity index (χ1v) is 8.34. The third-order valence-corrected chi connectivity index (χ3v) is 4.87. The first-order chi connectivity index (χ1) is 9.03. The van der Waals surface area contributed by atoms with Crippen molar-refractivity contribution >= 4 is 10.0 Å². The van der Waals surface area contributed by atoms with Crippen LogP contribution in [0.2, 0.25) is 0 Å². The van der Waals surface area contributed by atoms with Crippen LogP contribution in [-0.4, -0.2) is 32.9 Å². The normalized spacial score (nSPS) is 12.0. The summed E-state index contributed by atoms with van der Waals surface area (Å²) in [6.07, 6.45) is 0.840. The van der Waals surface area contributed by atoms with Gasteiger partial charge in [-0.1, -0.05) is 38.1 Å². The molecule has 0 saturated carbocycles. The van der Waals surface area contributed by atoms with E-state index in [4.69, 9.17) is 0 Å². The van der Waals surface area contributed by atoms with E-state index >= 15 is 0 Å². The quantitative estimate of drug-likeness (QED) is 0.794. The SMILES string of the molecule is CCCN(CC)S(=O)(=O)Cc1cccc(CNC)c1. The van der Waals surface area contributed by atoms with E-state index in [0.29, 0.717) is 13.1 Å². The number of sulfonamides is 1. The zero-order chi connectivity index (χ0) is 14.3. The van der Waals surface area contributed by atoms with Gasteiger partial charge in [0, 0.05) is 19.6 Å². The van der Waals surface area contributed by atoms with E-state index in [2.05, 4.69) is 5.32 Å². The van der Waals surface area contributed by atoms with Gasteiger partial charge in [0.25, 0.3) is 0 Å². The highest BCUT2D eigenvalue weighted by molar-refractivity contribution is 7.88. The monoisotopic (exact) mass is 284 g/mol. The lowest BCUT2D eigenvalue weighted by Gasteiger charge is -2.19. The summed E-state index contributed by atoms with van der Waals surface area (Å²) in [6.45, 7) is 5.75. The van der Waals surface area contributed by atoms with Gasteiger partial charge in [0.1, 0.15) is 0 Å². The van der Waals surface area contributed by atoms with Crippen molar-refractivity contribution in [3.8, 4) is 0 Å². The average Bonchev–Trinajstić information content (AvgIpc) is 2.36. The van der Waals surface area contributed by atoms with Crippen molar-refractivity contribution in [1.29, 1.82) is 0 Å². The predicted octanol–water partition coefficient (Wildman–Crippen LogP) is 1.97. The van der Waals surface area contributed by atoms with Gasteiger partial charge in [0.2, 0.25) is 10.0 Å². The minimum atomic E-state index is -3.21. The third kappa shape index (κ3) is 4.93. The van der Waals surface area contributed by atoms with E-state index in [9.17, 15) is 8.42 Å². The molecular weight excluding hydrogens is 260 g/mol. The third-order valence-electron chi connectivity index (χ3n) is 2.94. The molecular formula is C14H24N2O2S. The lowest BCUT2D eigenvalue weighted by atomic mass is 10.1. The smallest absolute Gasteiger partial charge is 0.218 e. The Balaban J connectivity index is 2.85. The van der Waals surface area contributed by atoms with Crippen molar-refractivity contribution in [2.24, 2.45) is 0 Å². The Kier molecular flexibility index (Phi) is 6.48. The summed E-state index contributed by atoms with van der Waals surface area (Å²) < 4.78 is 26.2. The molecule has 0 aliphatic rings. The minimum Gasteiger partial charge on any atom is -0.316 e. The van der Waals surface area contributed by atoms with Gasteiger partial charge in [-0.05, 0) is 24.6 Å². The van der Waals surface area contributed by atoms with Gasteiger partial charge >= 0.3 is 0 Å². The Labute approximate surface area is 116 Å². The van der Waals surface area contributed by atoms with E-state index in [-0.39, 0.29) is 5.75 Å². The number of hydrogen-bond acceptors (Lipinski definition) is 3. The van der Waals surface area contributed by atoms with Crippen LogP contribution in [0.25, 0.3) is 0 Å². The first-order valence-electron chi connectivity index (χ1n) is 6.73. The van der Waals surface area contributed by atoms with Crippen molar-refractivity contribution < 1.29 is 8.42 Å². The lowest BCUT2D eigenvalue weighted by Crippen LogP contribution is -2.32. The Morgan fingerprint density at radius 1 is 1.21 bits per heavy atom. The molecule has 0 fully saturated rings. The number of benzene rings is 1. The highest BCUT2D eigenvalue weighted by Gasteiger charge is 2.20. The molecule has 0 heterocycles. The number of rotatable bonds is 8. The highest BCUT2D eigenvalue weighted by atomic mass is 32.2. The summed E-state index contributed by atoms with van der Waals surface area (Å²) >= 11 is 0. The van der Waals surface area contributed by atoms with Crippen molar-refractivity contribution in [2.45, 2.75) is 32.6 Å². The van der Waals surface area contributed by atoms with Gasteiger partial charge in [-0.2, -0.15) is 0 Å². The standard InChI is InChI=1S/C14H24N2O2S/c1-4-9-16(5-2)19(17,18)12-14-8-6-7-13(10-14)11-15-3/h6-8,10,15H,4-5,9,11-12H2,1-3H3. The fourth-order valence-electron chi connectivity index (χ4n) is 2.08. The fraction of sp³-hybridized carbons (Fsp3) is 0.571. The van der Waals surface area contributed by atoms with E-state index in [1.807, 2.05) is 45.2 Å². The molecule has 0 radical (unpaired) electrons. The molecule has 0 saturated heterocycles. The molecule has 1 aromatic rings. The number of nitrogens with zero attached hydrogens (tertiary/aromatic N) is 1. The van der Waals surface area contributed by atoms with Gasteiger partial charge in [0.05, 0.1) is 5.75 Å². The van der Waals surface area contributed by atoms with Gasteiger partial charge in [-0.15, -0.1) is 0 Å². The van der Waals surface area contributed by atoms with Crippen LogP contribution in [0.3, 0.4) is 0 Å². The molecule has 19 heavy (non-hydrogen) atoms. The molecule has 0 unspecified atom stereocenters. The van der Waals surface area contributed by atoms with E-state index in [0.717, 1.165) is 24.1 Å². The molecule has 5 heteroatoms. The van der Waals surface area contributed by atoms with E-state index in [1.165, 1.54) is 0 Å². The Morgan fingerprint density at radius 2 is 1.89 bits per heavy atom. The lowest BCUT2D eigenvalue weighted by molar-refractivity contribution is 0.426. The fourth-order valence-corrected chi connectivity index (χ4v) is 3.72. The zero-order valence-corrected chi connectivity index (χ0v) is 12.8. The largest absolute Gasteiger partial charge is 0.316 e. The van der Waals surface area contributed by atoms with Crippen LogP contribution in [0.1, 0.15) is 31.4 Å². The highest BCUT2D eigenvalue weighted by Crippen LogP contribution is 2.13. The summed E-state index contributed by atoms with van der Waals surface area (Å²) in [4.78, 5) is 0. The molecule has 0 spiro atoms. The Hall–Kier alpha value is -0.910. The predicted molar refractivity (Wildman–Crippen MR) is 79.4 cm³/mol. The van der Waals surface area contributed by atoms with Crippen molar-refractivity contribution in [2.75, 3.05) is 20.1 Å². The van der Waals surface area contributed by atoms with Crippen LogP contribution >= 0.6 is 0 Å². The summed E-state index contributed by atoms with van der Waals surface area (Å²) in [5.41, 5.74) is 1.95. The molecule has 0 aromatic heterocycles. The van der Waals surface area contributed by atoms with Crippen LogP contribution in [0.5, 0.6) is 0 Å². The van der Waals surface area contributed by atoms with Crippen LogP contribution < -0.4 is 5.32 Å². The van der Waals surface area contributed by atoms with Crippen LogP contribution in [0, 0.1) is 0 Å². The second-order valence-electron chi connectivity index (χ2n) is 4.60. The van der Waals surface area contributed by atoms with Gasteiger partial charge in [0.15, 0.2) is 0 Å². The Morgan fingerprint density at radius 3 is 2.47 bits per heavy atom. The van der Waals surface area contributed by atoms with Gasteiger partial charge in [-0.25, -0.2) is 12.7 Å². The molecule has 1 N–H and O–H groups in total. The molecule has 4 nitrogen and oxygen atoms in total. The minimum absolute atomic E-state index is 0.0817. The van der Waals surface area contributed by atoms with Crippen LogP contribution in [0.15, 0.2) is 24.3 Å². The maximum absolute atomic E-state index is 12.3. The van der Waals surface area contributed by atoms with E-state index in [1.54, 1.807) is 4.31 Å². The molecule has 108 valence electrons.